The molecule has 8 nitrogen and oxygen atoms in total. The van der Waals surface area contributed by atoms with Gasteiger partial charge in [0.25, 0.3) is 5.56 Å². The largest absolute Gasteiger partial charge is 0.356 e. The lowest BCUT2D eigenvalue weighted by Gasteiger charge is -2.11. The number of hydrogen-bond donors (Lipinski definition) is 2. The first-order chi connectivity index (χ1) is 8.72. The Balaban J connectivity index is 2.19. The van der Waals surface area contributed by atoms with Crippen LogP contribution in [0.1, 0.15) is 32.1 Å². The molecule has 0 saturated heterocycles. The molecule has 0 bridgehead atoms. The molecule has 8 heteroatoms. The summed E-state index contributed by atoms with van der Waals surface area (Å²) in [6.07, 6.45) is 4.17. The van der Waals surface area contributed by atoms with Crippen LogP contribution in [0.3, 0.4) is 0 Å². The second kappa shape index (κ2) is 5.39. The van der Waals surface area contributed by atoms with E-state index in [1.54, 1.807) is 17.0 Å². The SMILES string of the molecule is CCCn1ccnc(NC(C)c2nn[nH]n2)c1=O. The number of aryl methyl sites for hydroxylation is 1. The van der Waals surface area contributed by atoms with Gasteiger partial charge in [-0.3, -0.25) is 4.79 Å². The third kappa shape index (κ3) is 2.53. The van der Waals surface area contributed by atoms with Crippen LogP contribution in [0.25, 0.3) is 0 Å². The summed E-state index contributed by atoms with van der Waals surface area (Å²) in [5.74, 6) is 0.783. The molecule has 0 aliphatic carbocycles. The normalized spacial score (nSPS) is 12.3. The molecule has 2 heterocycles. The zero-order chi connectivity index (χ0) is 13.0. The van der Waals surface area contributed by atoms with E-state index in [4.69, 9.17) is 0 Å². The van der Waals surface area contributed by atoms with Crippen LogP contribution in [-0.2, 0) is 6.54 Å². The molecule has 0 spiro atoms. The first kappa shape index (κ1) is 12.2. The van der Waals surface area contributed by atoms with Crippen LogP contribution in [0.15, 0.2) is 17.2 Å². The maximum Gasteiger partial charge on any atom is 0.293 e. The number of aromatic amines is 1. The van der Waals surface area contributed by atoms with Gasteiger partial charge in [0.1, 0.15) is 0 Å². The molecule has 1 unspecified atom stereocenters. The van der Waals surface area contributed by atoms with Gasteiger partial charge in [0.15, 0.2) is 11.6 Å². The Morgan fingerprint density at radius 2 is 2.39 bits per heavy atom. The molecular formula is C10H15N7O. The van der Waals surface area contributed by atoms with Crippen molar-refractivity contribution in [3.63, 3.8) is 0 Å². The highest BCUT2D eigenvalue weighted by atomic mass is 16.1. The molecule has 0 aliphatic heterocycles. The smallest absolute Gasteiger partial charge is 0.293 e. The monoisotopic (exact) mass is 249 g/mol. The van der Waals surface area contributed by atoms with Crippen molar-refractivity contribution >= 4 is 5.82 Å². The summed E-state index contributed by atoms with van der Waals surface area (Å²) in [7, 11) is 0. The van der Waals surface area contributed by atoms with Crippen LogP contribution in [-0.4, -0.2) is 30.2 Å². The summed E-state index contributed by atoms with van der Waals surface area (Å²) in [5, 5.41) is 16.5. The van der Waals surface area contributed by atoms with Gasteiger partial charge < -0.3 is 9.88 Å². The van der Waals surface area contributed by atoms with Crippen LogP contribution in [0.4, 0.5) is 5.82 Å². The Kier molecular flexibility index (Phi) is 3.66. The lowest BCUT2D eigenvalue weighted by atomic mass is 10.3. The molecule has 96 valence electrons. The molecule has 18 heavy (non-hydrogen) atoms. The van der Waals surface area contributed by atoms with Crippen LogP contribution < -0.4 is 10.9 Å². The summed E-state index contributed by atoms with van der Waals surface area (Å²) in [5.41, 5.74) is -0.144. The summed E-state index contributed by atoms with van der Waals surface area (Å²) in [6.45, 7) is 4.53. The van der Waals surface area contributed by atoms with E-state index in [0.717, 1.165) is 6.42 Å². The van der Waals surface area contributed by atoms with Crippen molar-refractivity contribution in [2.45, 2.75) is 32.9 Å². The molecule has 0 fully saturated rings. The summed E-state index contributed by atoms with van der Waals surface area (Å²) in [6, 6.07) is -0.235. The molecule has 2 rings (SSSR count). The van der Waals surface area contributed by atoms with Gasteiger partial charge in [-0.25, -0.2) is 4.98 Å². The van der Waals surface area contributed by atoms with Crippen molar-refractivity contribution in [2.24, 2.45) is 0 Å². The van der Waals surface area contributed by atoms with Gasteiger partial charge in [0.05, 0.1) is 6.04 Å². The van der Waals surface area contributed by atoms with E-state index in [9.17, 15) is 4.79 Å². The van der Waals surface area contributed by atoms with Gasteiger partial charge in [-0.15, -0.1) is 10.2 Å². The number of hydrogen-bond acceptors (Lipinski definition) is 6. The lowest BCUT2D eigenvalue weighted by molar-refractivity contribution is 0.646. The topological polar surface area (TPSA) is 101 Å². The van der Waals surface area contributed by atoms with Gasteiger partial charge in [-0.2, -0.15) is 5.21 Å². The highest BCUT2D eigenvalue weighted by Crippen LogP contribution is 2.09. The number of nitrogens with one attached hydrogen (secondary N) is 2. The summed E-state index contributed by atoms with van der Waals surface area (Å²) in [4.78, 5) is 16.1. The average molecular weight is 249 g/mol. The Hall–Kier alpha value is -2.25. The van der Waals surface area contributed by atoms with Gasteiger partial charge in [-0.1, -0.05) is 12.1 Å². The lowest BCUT2D eigenvalue weighted by Crippen LogP contribution is -2.25. The van der Waals surface area contributed by atoms with E-state index in [1.165, 1.54) is 0 Å². The number of rotatable bonds is 5. The van der Waals surface area contributed by atoms with E-state index in [-0.39, 0.29) is 11.6 Å². The number of anilines is 1. The maximum atomic E-state index is 12.0. The minimum absolute atomic E-state index is 0.144. The molecule has 0 saturated carbocycles. The first-order valence-corrected chi connectivity index (χ1v) is 5.77. The molecular weight excluding hydrogens is 234 g/mol. The number of H-pyrrole nitrogens is 1. The van der Waals surface area contributed by atoms with Gasteiger partial charge in [-0.05, 0) is 13.3 Å². The molecule has 2 N–H and O–H groups in total. The van der Waals surface area contributed by atoms with Crippen molar-refractivity contribution in [3.8, 4) is 0 Å². The molecule has 2 aromatic rings. The predicted molar refractivity (Wildman–Crippen MR) is 65.0 cm³/mol. The van der Waals surface area contributed by atoms with Gasteiger partial charge in [0.2, 0.25) is 0 Å². The average Bonchev–Trinajstić information content (AvgIpc) is 2.88. The quantitative estimate of drug-likeness (QED) is 0.792. The standard InChI is InChI=1S/C10H15N7O/c1-3-5-17-6-4-11-9(10(17)18)12-7(2)8-13-15-16-14-8/h4,6-7H,3,5H2,1-2H3,(H,11,12)(H,13,14,15,16). The van der Waals surface area contributed by atoms with Crippen LogP contribution in [0, 0.1) is 0 Å². The third-order valence-electron chi connectivity index (χ3n) is 2.48. The fourth-order valence-corrected chi connectivity index (χ4v) is 1.59. The second-order valence-corrected chi connectivity index (χ2v) is 3.91. The molecule has 1 atom stereocenters. The minimum Gasteiger partial charge on any atom is -0.356 e. The fourth-order valence-electron chi connectivity index (χ4n) is 1.59. The zero-order valence-corrected chi connectivity index (χ0v) is 10.3. The number of nitrogens with zero attached hydrogens (tertiary/aromatic N) is 5. The zero-order valence-electron chi connectivity index (χ0n) is 10.3. The van der Waals surface area contributed by atoms with Gasteiger partial charge >= 0.3 is 0 Å². The van der Waals surface area contributed by atoms with Crippen molar-refractivity contribution in [1.29, 1.82) is 0 Å². The molecule has 2 aromatic heterocycles. The van der Waals surface area contributed by atoms with Crippen molar-refractivity contribution in [1.82, 2.24) is 30.2 Å². The third-order valence-corrected chi connectivity index (χ3v) is 2.48. The first-order valence-electron chi connectivity index (χ1n) is 5.77. The molecule has 0 aromatic carbocycles. The Labute approximate surface area is 103 Å². The molecule has 0 amide bonds. The summed E-state index contributed by atoms with van der Waals surface area (Å²) < 4.78 is 1.62. The molecule has 0 radical (unpaired) electrons. The Morgan fingerprint density at radius 1 is 1.56 bits per heavy atom. The Morgan fingerprint density at radius 3 is 3.06 bits per heavy atom. The van der Waals surface area contributed by atoms with E-state index in [2.05, 4.69) is 30.9 Å². The molecule has 0 aliphatic rings. The number of aromatic nitrogens is 6. The second-order valence-electron chi connectivity index (χ2n) is 3.91. The fraction of sp³-hybridized carbons (Fsp3) is 0.500. The highest BCUT2D eigenvalue weighted by molar-refractivity contribution is 5.32. The van der Waals surface area contributed by atoms with Crippen LogP contribution in [0.5, 0.6) is 0 Å². The highest BCUT2D eigenvalue weighted by Gasteiger charge is 2.13. The van der Waals surface area contributed by atoms with E-state index in [1.807, 2.05) is 13.8 Å². The van der Waals surface area contributed by atoms with Crippen LogP contribution in [0.2, 0.25) is 0 Å². The summed E-state index contributed by atoms with van der Waals surface area (Å²) >= 11 is 0. The van der Waals surface area contributed by atoms with E-state index in [0.29, 0.717) is 18.2 Å². The van der Waals surface area contributed by atoms with Crippen LogP contribution >= 0.6 is 0 Å². The Bertz CT molecular complexity index is 548. The van der Waals surface area contributed by atoms with Crippen molar-refractivity contribution in [2.75, 3.05) is 5.32 Å². The van der Waals surface area contributed by atoms with Crippen molar-refractivity contribution < 1.29 is 0 Å². The maximum absolute atomic E-state index is 12.0. The van der Waals surface area contributed by atoms with Crippen molar-refractivity contribution in [3.05, 3.63) is 28.6 Å². The predicted octanol–water partition coefficient (Wildman–Crippen LogP) is 0.339. The minimum atomic E-state index is -0.235. The number of tetrazole rings is 1. The van der Waals surface area contributed by atoms with E-state index < -0.39 is 0 Å². The van der Waals surface area contributed by atoms with Gasteiger partial charge in [0, 0.05) is 18.9 Å². The van der Waals surface area contributed by atoms with E-state index >= 15 is 0 Å².